The van der Waals surface area contributed by atoms with Crippen molar-refractivity contribution in [3.05, 3.63) is 53.0 Å². The van der Waals surface area contributed by atoms with Crippen LogP contribution >= 0.6 is 11.3 Å². The van der Waals surface area contributed by atoms with E-state index in [4.69, 9.17) is 0 Å². The first-order valence-corrected chi connectivity index (χ1v) is 11.8. The number of carbonyl (C=O) groups is 1. The Morgan fingerprint density at radius 2 is 1.83 bits per heavy atom. The molecule has 0 saturated carbocycles. The van der Waals surface area contributed by atoms with Gasteiger partial charge in [0.05, 0.1) is 20.1 Å². The summed E-state index contributed by atoms with van der Waals surface area (Å²) in [6.07, 6.45) is 0.909. The van der Waals surface area contributed by atoms with Crippen LogP contribution in [0.25, 0.3) is 10.2 Å². The fourth-order valence-corrected chi connectivity index (χ4v) is 5.27. The van der Waals surface area contributed by atoms with Crippen LogP contribution in [0.1, 0.15) is 31.3 Å². The number of hydrogen-bond acceptors (Lipinski definition) is 5. The van der Waals surface area contributed by atoms with Gasteiger partial charge in [-0.2, -0.15) is 4.72 Å². The monoisotopic (exact) mass is 431 g/mol. The number of aryl methyl sites for hydroxylation is 2. The topological polar surface area (TPSA) is 88.2 Å². The summed E-state index contributed by atoms with van der Waals surface area (Å²) in [5, 5.41) is 3.68. The maximum atomic E-state index is 12.9. The molecule has 2 N–H and O–H groups in total. The molecular weight excluding hydrogens is 406 g/mol. The molecule has 0 aliphatic rings. The van der Waals surface area contributed by atoms with Crippen LogP contribution < -0.4 is 10.0 Å². The summed E-state index contributed by atoms with van der Waals surface area (Å²) >= 11 is 1.44. The fourth-order valence-electron chi connectivity index (χ4n) is 2.96. The Bertz CT molecular complexity index is 1120. The molecule has 3 aromatic rings. The normalized spacial score (nSPS) is 13.0. The molecule has 0 aliphatic carbocycles. The summed E-state index contributed by atoms with van der Waals surface area (Å²) in [5.74, 6) is -0.614. The van der Waals surface area contributed by atoms with E-state index in [9.17, 15) is 13.2 Å². The maximum absolute atomic E-state index is 12.9. The average molecular weight is 432 g/mol. The Labute approximate surface area is 175 Å². The number of benzene rings is 2. The van der Waals surface area contributed by atoms with Crippen LogP contribution in [-0.2, 0) is 21.2 Å². The van der Waals surface area contributed by atoms with E-state index in [1.54, 1.807) is 12.1 Å². The number of sulfonamides is 1. The van der Waals surface area contributed by atoms with Gasteiger partial charge in [-0.05, 0) is 55.2 Å². The molecule has 0 aliphatic heterocycles. The Kier molecular flexibility index (Phi) is 6.36. The van der Waals surface area contributed by atoms with Gasteiger partial charge < -0.3 is 5.32 Å². The Balaban J connectivity index is 1.80. The lowest BCUT2D eigenvalue weighted by Crippen LogP contribution is -2.47. The van der Waals surface area contributed by atoms with Crippen LogP contribution in [0.5, 0.6) is 0 Å². The summed E-state index contributed by atoms with van der Waals surface area (Å²) in [6, 6.07) is 11.4. The molecule has 2 aromatic carbocycles. The quantitative estimate of drug-likeness (QED) is 0.589. The first kappa shape index (κ1) is 21.4. The van der Waals surface area contributed by atoms with E-state index in [1.165, 1.54) is 17.4 Å². The molecule has 29 heavy (non-hydrogen) atoms. The average Bonchev–Trinajstić information content (AvgIpc) is 3.05. The van der Waals surface area contributed by atoms with Gasteiger partial charge in [0.25, 0.3) is 0 Å². The summed E-state index contributed by atoms with van der Waals surface area (Å²) in [6.45, 7) is 7.55. The highest BCUT2D eigenvalue weighted by atomic mass is 32.2. The smallest absolute Gasteiger partial charge is 0.242 e. The molecule has 1 atom stereocenters. The lowest BCUT2D eigenvalue weighted by Gasteiger charge is -2.21. The van der Waals surface area contributed by atoms with Crippen molar-refractivity contribution < 1.29 is 13.2 Å². The summed E-state index contributed by atoms with van der Waals surface area (Å²) < 4.78 is 29.2. The highest BCUT2D eigenvalue weighted by Crippen LogP contribution is 2.25. The van der Waals surface area contributed by atoms with Gasteiger partial charge in [-0.1, -0.05) is 32.9 Å². The van der Waals surface area contributed by atoms with Gasteiger partial charge in [-0.15, -0.1) is 11.3 Å². The van der Waals surface area contributed by atoms with Crippen molar-refractivity contribution in [2.45, 2.75) is 45.1 Å². The molecule has 1 amide bonds. The summed E-state index contributed by atoms with van der Waals surface area (Å²) in [4.78, 5) is 17.3. The third kappa shape index (κ3) is 5.01. The second kappa shape index (κ2) is 8.61. The number of anilines is 1. The molecule has 1 heterocycles. The first-order chi connectivity index (χ1) is 13.7. The number of thiazole rings is 1. The van der Waals surface area contributed by atoms with Crippen LogP contribution in [0.2, 0.25) is 0 Å². The van der Waals surface area contributed by atoms with Crippen LogP contribution in [0, 0.1) is 12.8 Å². The van der Waals surface area contributed by atoms with E-state index in [-0.39, 0.29) is 16.7 Å². The minimum atomic E-state index is -3.87. The molecule has 0 unspecified atom stereocenters. The molecule has 8 heteroatoms. The highest BCUT2D eigenvalue weighted by molar-refractivity contribution is 7.89. The number of hydrogen-bond donors (Lipinski definition) is 2. The highest BCUT2D eigenvalue weighted by Gasteiger charge is 2.28. The van der Waals surface area contributed by atoms with E-state index in [1.807, 2.05) is 45.0 Å². The van der Waals surface area contributed by atoms with E-state index in [0.29, 0.717) is 5.69 Å². The van der Waals surface area contributed by atoms with Crippen molar-refractivity contribution in [3.8, 4) is 0 Å². The third-order valence-corrected chi connectivity index (χ3v) is 7.01. The molecule has 0 fully saturated rings. The second-order valence-corrected chi connectivity index (χ2v) is 10.2. The zero-order chi connectivity index (χ0) is 21.2. The van der Waals surface area contributed by atoms with Crippen molar-refractivity contribution in [2.75, 3.05) is 5.32 Å². The molecule has 6 nitrogen and oxygen atoms in total. The number of amides is 1. The SMILES string of the molecule is CCc1ccc(NC(=O)[C@H](NS(=O)(=O)c2ccc3nc(C)sc3c2)C(C)C)cc1. The van der Waals surface area contributed by atoms with Gasteiger partial charge in [-0.25, -0.2) is 13.4 Å². The Hall–Kier alpha value is -2.29. The minimum Gasteiger partial charge on any atom is -0.325 e. The molecule has 1 aromatic heterocycles. The number of nitrogens with one attached hydrogen (secondary N) is 2. The van der Waals surface area contributed by atoms with Gasteiger partial charge in [0.1, 0.15) is 6.04 Å². The molecule has 154 valence electrons. The van der Waals surface area contributed by atoms with Gasteiger partial charge in [0, 0.05) is 5.69 Å². The predicted octanol–water partition coefficient (Wildman–Crippen LogP) is 4.11. The van der Waals surface area contributed by atoms with Crippen molar-refractivity contribution in [1.82, 2.24) is 9.71 Å². The Morgan fingerprint density at radius 1 is 1.14 bits per heavy atom. The van der Waals surface area contributed by atoms with Crippen LogP contribution in [0.3, 0.4) is 0 Å². The fraction of sp³-hybridized carbons (Fsp3) is 0.333. The van der Waals surface area contributed by atoms with Crippen molar-refractivity contribution in [2.24, 2.45) is 5.92 Å². The van der Waals surface area contributed by atoms with Crippen molar-refractivity contribution >= 4 is 43.2 Å². The number of nitrogens with zero attached hydrogens (tertiary/aromatic N) is 1. The second-order valence-electron chi connectivity index (χ2n) is 7.25. The number of aromatic nitrogens is 1. The van der Waals surface area contributed by atoms with E-state index in [0.717, 1.165) is 27.2 Å². The van der Waals surface area contributed by atoms with E-state index < -0.39 is 16.1 Å². The Morgan fingerprint density at radius 3 is 2.45 bits per heavy atom. The maximum Gasteiger partial charge on any atom is 0.242 e. The largest absolute Gasteiger partial charge is 0.325 e. The summed E-state index contributed by atoms with van der Waals surface area (Å²) in [5.41, 5.74) is 2.57. The molecular formula is C21H25N3O3S2. The van der Waals surface area contributed by atoms with Crippen LogP contribution in [-0.4, -0.2) is 25.4 Å². The van der Waals surface area contributed by atoms with Gasteiger partial charge in [0.2, 0.25) is 15.9 Å². The van der Waals surface area contributed by atoms with E-state index in [2.05, 4.69) is 21.9 Å². The van der Waals surface area contributed by atoms with Crippen molar-refractivity contribution in [1.29, 1.82) is 0 Å². The van der Waals surface area contributed by atoms with Crippen LogP contribution in [0.4, 0.5) is 5.69 Å². The molecule has 0 bridgehead atoms. The minimum absolute atomic E-state index is 0.124. The first-order valence-electron chi connectivity index (χ1n) is 9.49. The molecule has 3 rings (SSSR count). The summed E-state index contributed by atoms with van der Waals surface area (Å²) in [7, 11) is -3.87. The van der Waals surface area contributed by atoms with Crippen molar-refractivity contribution in [3.63, 3.8) is 0 Å². The number of carbonyl (C=O) groups excluding carboxylic acids is 1. The number of fused-ring (bicyclic) bond motifs is 1. The van der Waals surface area contributed by atoms with Gasteiger partial charge in [-0.3, -0.25) is 4.79 Å². The standard InChI is InChI=1S/C21H25N3O3S2/c1-5-15-6-8-16(9-7-15)23-21(25)20(13(2)3)24-29(26,27)17-10-11-18-19(12-17)28-14(4)22-18/h6-13,20,24H,5H2,1-4H3,(H,23,25)/t20-/m1/s1. The lowest BCUT2D eigenvalue weighted by atomic mass is 10.0. The van der Waals surface area contributed by atoms with E-state index >= 15 is 0 Å². The molecule has 0 spiro atoms. The molecule has 0 saturated heterocycles. The number of rotatable bonds is 7. The lowest BCUT2D eigenvalue weighted by molar-refractivity contribution is -0.118. The predicted molar refractivity (Wildman–Crippen MR) is 118 cm³/mol. The zero-order valence-electron chi connectivity index (χ0n) is 16.9. The van der Waals surface area contributed by atoms with Gasteiger partial charge in [0.15, 0.2) is 0 Å². The molecule has 0 radical (unpaired) electrons. The zero-order valence-corrected chi connectivity index (χ0v) is 18.5. The van der Waals surface area contributed by atoms with Crippen LogP contribution in [0.15, 0.2) is 47.4 Å². The van der Waals surface area contributed by atoms with Gasteiger partial charge >= 0.3 is 0 Å². The third-order valence-electron chi connectivity index (χ3n) is 4.64.